The SMILES string of the molecule is CC(C)CC(N=S(=O)=O)C(=O)N1CCC[C@H]1C(=O)NCc1ccc(C(=N)N)cc1.Cl. The molecule has 11 heteroatoms. The fourth-order valence-corrected chi connectivity index (χ4v) is 3.73. The normalized spacial score (nSPS) is 16.5. The van der Waals surface area contributed by atoms with Crippen molar-refractivity contribution in [1.82, 2.24) is 10.2 Å². The summed E-state index contributed by atoms with van der Waals surface area (Å²) in [6.07, 6.45) is 1.50. The van der Waals surface area contributed by atoms with Gasteiger partial charge in [0.1, 0.15) is 17.9 Å². The highest BCUT2D eigenvalue weighted by Gasteiger charge is 2.37. The van der Waals surface area contributed by atoms with Crippen LogP contribution in [0.4, 0.5) is 0 Å². The Balaban J connectivity index is 0.00000450. The van der Waals surface area contributed by atoms with Crippen LogP contribution in [0.5, 0.6) is 0 Å². The van der Waals surface area contributed by atoms with Gasteiger partial charge in [-0.15, -0.1) is 12.4 Å². The molecule has 1 heterocycles. The van der Waals surface area contributed by atoms with Crippen LogP contribution in [0.25, 0.3) is 0 Å². The Morgan fingerprint density at radius 2 is 1.93 bits per heavy atom. The molecule has 1 aliphatic heterocycles. The molecule has 0 saturated carbocycles. The second-order valence-corrected chi connectivity index (χ2v) is 8.13. The van der Waals surface area contributed by atoms with Gasteiger partial charge in [-0.05, 0) is 30.7 Å². The summed E-state index contributed by atoms with van der Waals surface area (Å²) < 4.78 is 25.6. The molecule has 1 saturated heterocycles. The molecular weight excluding hydrogens is 430 g/mol. The molecule has 9 nitrogen and oxygen atoms in total. The van der Waals surface area contributed by atoms with Gasteiger partial charge in [-0.25, -0.2) is 0 Å². The molecule has 1 aromatic rings. The number of benzene rings is 1. The van der Waals surface area contributed by atoms with Crippen molar-refractivity contribution in [3.63, 3.8) is 0 Å². The van der Waals surface area contributed by atoms with Gasteiger partial charge in [0.25, 0.3) is 0 Å². The second kappa shape index (κ2) is 11.7. The van der Waals surface area contributed by atoms with Gasteiger partial charge >= 0.3 is 10.5 Å². The van der Waals surface area contributed by atoms with Crippen LogP contribution in [-0.4, -0.2) is 49.6 Å². The molecule has 2 atom stereocenters. The van der Waals surface area contributed by atoms with E-state index in [1.54, 1.807) is 24.3 Å². The summed E-state index contributed by atoms with van der Waals surface area (Å²) >= 11 is 0. The van der Waals surface area contributed by atoms with Crippen LogP contribution in [0.15, 0.2) is 28.6 Å². The molecule has 0 bridgehead atoms. The third kappa shape index (κ3) is 7.10. The molecular formula is C19H28ClN5O4S. The summed E-state index contributed by atoms with van der Waals surface area (Å²) in [7, 11) is -2.69. The summed E-state index contributed by atoms with van der Waals surface area (Å²) in [6.45, 7) is 4.45. The molecule has 0 aromatic heterocycles. The number of amidine groups is 1. The number of nitrogens with two attached hydrogens (primary N) is 1. The van der Waals surface area contributed by atoms with Crippen molar-refractivity contribution in [3.8, 4) is 0 Å². The van der Waals surface area contributed by atoms with E-state index in [-0.39, 0.29) is 36.6 Å². The number of nitrogen functional groups attached to an aromatic ring is 1. The van der Waals surface area contributed by atoms with Crippen molar-refractivity contribution in [1.29, 1.82) is 5.41 Å². The Labute approximate surface area is 184 Å². The lowest BCUT2D eigenvalue weighted by Gasteiger charge is -2.26. The number of hydrogen-bond acceptors (Lipinski definition) is 6. The number of rotatable bonds is 8. The van der Waals surface area contributed by atoms with Crippen molar-refractivity contribution in [2.24, 2.45) is 16.0 Å². The van der Waals surface area contributed by atoms with Gasteiger partial charge in [0.05, 0.1) is 0 Å². The highest BCUT2D eigenvalue weighted by molar-refractivity contribution is 7.61. The molecule has 1 aliphatic rings. The lowest BCUT2D eigenvalue weighted by atomic mass is 10.0. The maximum absolute atomic E-state index is 12.9. The number of nitrogens with one attached hydrogen (secondary N) is 2. The summed E-state index contributed by atoms with van der Waals surface area (Å²) in [5.41, 5.74) is 6.87. The Morgan fingerprint density at radius 1 is 1.30 bits per heavy atom. The topological polar surface area (TPSA) is 146 Å². The van der Waals surface area contributed by atoms with E-state index >= 15 is 0 Å². The third-order valence-electron chi connectivity index (χ3n) is 4.76. The molecule has 30 heavy (non-hydrogen) atoms. The Hall–Kier alpha value is -2.46. The standard InChI is InChI=1S/C19H27N5O4S.ClH/c1-12(2)10-15(23-29(27)28)19(26)24-9-3-4-16(24)18(25)22-11-13-5-7-14(8-6-13)17(20)21;/h5-8,12,15-16H,3-4,9-11H2,1-2H3,(H3,20,21)(H,22,25);1H/t15?,16-;/m0./s1. The van der Waals surface area contributed by atoms with Crippen LogP contribution in [0.1, 0.15) is 44.2 Å². The van der Waals surface area contributed by atoms with Crippen LogP contribution < -0.4 is 11.1 Å². The van der Waals surface area contributed by atoms with E-state index in [1.165, 1.54) is 4.90 Å². The molecule has 166 valence electrons. The molecule has 0 spiro atoms. The monoisotopic (exact) mass is 457 g/mol. The van der Waals surface area contributed by atoms with Crippen molar-refractivity contribution < 1.29 is 18.0 Å². The van der Waals surface area contributed by atoms with E-state index in [4.69, 9.17) is 11.1 Å². The van der Waals surface area contributed by atoms with Gasteiger partial charge < -0.3 is 16.0 Å². The first-order chi connectivity index (χ1) is 13.7. The largest absolute Gasteiger partial charge is 0.384 e. The van der Waals surface area contributed by atoms with E-state index in [1.807, 2.05) is 13.8 Å². The maximum atomic E-state index is 12.9. The minimum absolute atomic E-state index is 0. The molecule has 0 aliphatic carbocycles. The molecule has 1 unspecified atom stereocenters. The molecule has 0 radical (unpaired) electrons. The predicted octanol–water partition coefficient (Wildman–Crippen LogP) is 1.48. The van der Waals surface area contributed by atoms with E-state index < -0.39 is 28.5 Å². The van der Waals surface area contributed by atoms with Crippen LogP contribution >= 0.6 is 12.4 Å². The van der Waals surface area contributed by atoms with Gasteiger partial charge in [0.15, 0.2) is 0 Å². The lowest BCUT2D eigenvalue weighted by molar-refractivity contribution is -0.139. The lowest BCUT2D eigenvalue weighted by Crippen LogP contribution is -2.48. The average Bonchev–Trinajstić information content (AvgIpc) is 3.14. The fraction of sp³-hybridized carbons (Fsp3) is 0.526. The zero-order valence-corrected chi connectivity index (χ0v) is 18.6. The number of nitrogens with zero attached hydrogens (tertiary/aromatic N) is 2. The zero-order chi connectivity index (χ0) is 21.6. The van der Waals surface area contributed by atoms with Gasteiger partial charge in [0, 0.05) is 18.7 Å². The van der Waals surface area contributed by atoms with Crippen LogP contribution in [0.3, 0.4) is 0 Å². The number of hydrogen-bond donors (Lipinski definition) is 3. The maximum Gasteiger partial charge on any atom is 0.311 e. The minimum Gasteiger partial charge on any atom is -0.384 e. The summed E-state index contributed by atoms with van der Waals surface area (Å²) in [6, 6.07) is 5.32. The quantitative estimate of drug-likeness (QED) is 0.399. The first-order valence-corrected chi connectivity index (χ1v) is 10.5. The summed E-state index contributed by atoms with van der Waals surface area (Å²) in [5, 5.41) is 10.2. The average molecular weight is 458 g/mol. The highest BCUT2D eigenvalue weighted by Crippen LogP contribution is 2.21. The minimum atomic E-state index is -2.69. The number of carbonyl (C=O) groups excluding carboxylic acids is 2. The number of amides is 2. The zero-order valence-electron chi connectivity index (χ0n) is 17.0. The molecule has 2 amide bonds. The van der Waals surface area contributed by atoms with Gasteiger partial charge in [-0.3, -0.25) is 15.0 Å². The number of likely N-dealkylation sites (tertiary alicyclic amines) is 1. The number of carbonyl (C=O) groups is 2. The summed E-state index contributed by atoms with van der Waals surface area (Å²) in [5.74, 6) is -0.644. The Morgan fingerprint density at radius 3 is 2.47 bits per heavy atom. The van der Waals surface area contributed by atoms with Crippen molar-refractivity contribution in [3.05, 3.63) is 35.4 Å². The van der Waals surface area contributed by atoms with E-state index in [0.717, 1.165) is 5.56 Å². The molecule has 4 N–H and O–H groups in total. The van der Waals surface area contributed by atoms with E-state index in [0.29, 0.717) is 31.4 Å². The van der Waals surface area contributed by atoms with Gasteiger partial charge in [-0.2, -0.15) is 12.8 Å². The first kappa shape index (κ1) is 25.6. The number of halogens is 1. The van der Waals surface area contributed by atoms with Crippen molar-refractivity contribution in [2.75, 3.05) is 6.54 Å². The second-order valence-electron chi connectivity index (χ2n) is 7.49. The molecule has 1 aromatic carbocycles. The molecule has 2 rings (SSSR count). The van der Waals surface area contributed by atoms with Gasteiger partial charge in [0.2, 0.25) is 11.8 Å². The molecule has 1 fully saturated rings. The summed E-state index contributed by atoms with van der Waals surface area (Å²) in [4.78, 5) is 27.0. The predicted molar refractivity (Wildman–Crippen MR) is 116 cm³/mol. The first-order valence-electron chi connectivity index (χ1n) is 9.50. The van der Waals surface area contributed by atoms with Crippen LogP contribution in [0.2, 0.25) is 0 Å². The Kier molecular flexibility index (Phi) is 9.94. The smallest absolute Gasteiger partial charge is 0.311 e. The van der Waals surface area contributed by atoms with Crippen LogP contribution in [-0.2, 0) is 26.6 Å². The van der Waals surface area contributed by atoms with Crippen LogP contribution in [0, 0.1) is 11.3 Å². The fourth-order valence-electron chi connectivity index (χ4n) is 3.34. The van der Waals surface area contributed by atoms with Gasteiger partial charge in [-0.1, -0.05) is 38.1 Å². The van der Waals surface area contributed by atoms with E-state index in [2.05, 4.69) is 9.68 Å². The highest BCUT2D eigenvalue weighted by atomic mass is 35.5. The van der Waals surface area contributed by atoms with E-state index in [9.17, 15) is 18.0 Å². The van der Waals surface area contributed by atoms with Crippen molar-refractivity contribution in [2.45, 2.75) is 51.7 Å². The van der Waals surface area contributed by atoms with Crippen molar-refractivity contribution >= 4 is 40.6 Å². The Bertz CT molecular complexity index is 894. The third-order valence-corrected chi connectivity index (χ3v) is 5.19.